The molecule has 68 valence electrons. The van der Waals surface area contributed by atoms with Crippen molar-refractivity contribution in [1.82, 2.24) is 4.90 Å². The summed E-state index contributed by atoms with van der Waals surface area (Å²) in [6, 6.07) is 2.38. The van der Waals surface area contributed by atoms with Crippen LogP contribution in [-0.4, -0.2) is 36.7 Å². The van der Waals surface area contributed by atoms with Crippen LogP contribution < -0.4 is 0 Å². The molecule has 3 nitrogen and oxygen atoms in total. The highest BCUT2D eigenvalue weighted by atomic mass is 16.5. The molecule has 0 aromatic rings. The standard InChI is InChI=1S/C9H16N2O/c1-3-11(4-2)9(7-10)5-6-12-8-9/h3-6,8H2,1-2H3. The quantitative estimate of drug-likeness (QED) is 0.631. The van der Waals surface area contributed by atoms with Crippen molar-refractivity contribution in [1.29, 1.82) is 5.26 Å². The van der Waals surface area contributed by atoms with E-state index < -0.39 is 0 Å². The highest BCUT2D eigenvalue weighted by molar-refractivity contribution is 5.10. The molecule has 0 bridgehead atoms. The summed E-state index contributed by atoms with van der Waals surface area (Å²) in [6.45, 7) is 7.32. The first kappa shape index (κ1) is 9.50. The molecule has 1 unspecified atom stereocenters. The van der Waals surface area contributed by atoms with Crippen molar-refractivity contribution >= 4 is 0 Å². The Morgan fingerprint density at radius 1 is 1.50 bits per heavy atom. The van der Waals surface area contributed by atoms with Gasteiger partial charge in [0.2, 0.25) is 0 Å². The Hall–Kier alpha value is -0.590. The topological polar surface area (TPSA) is 36.3 Å². The van der Waals surface area contributed by atoms with E-state index in [2.05, 4.69) is 24.8 Å². The van der Waals surface area contributed by atoms with E-state index in [0.29, 0.717) is 6.61 Å². The molecule has 0 saturated carbocycles. The lowest BCUT2D eigenvalue weighted by molar-refractivity contribution is 0.113. The number of hydrogen-bond donors (Lipinski definition) is 0. The van der Waals surface area contributed by atoms with Crippen molar-refractivity contribution < 1.29 is 4.74 Å². The highest BCUT2D eigenvalue weighted by Gasteiger charge is 2.39. The van der Waals surface area contributed by atoms with Gasteiger partial charge in [-0.3, -0.25) is 4.90 Å². The lowest BCUT2D eigenvalue weighted by Crippen LogP contribution is -2.48. The summed E-state index contributed by atoms with van der Waals surface area (Å²) in [5, 5.41) is 9.08. The summed E-state index contributed by atoms with van der Waals surface area (Å²) < 4.78 is 5.27. The molecule has 0 aliphatic carbocycles. The maximum Gasteiger partial charge on any atom is 0.134 e. The van der Waals surface area contributed by atoms with Crippen LogP contribution >= 0.6 is 0 Å². The lowest BCUT2D eigenvalue weighted by Gasteiger charge is -2.32. The van der Waals surface area contributed by atoms with E-state index in [1.807, 2.05) is 0 Å². The molecule has 0 N–H and O–H groups in total. The van der Waals surface area contributed by atoms with E-state index in [9.17, 15) is 0 Å². The molecule has 1 saturated heterocycles. The second kappa shape index (κ2) is 3.88. The molecule has 1 fully saturated rings. The second-order valence-electron chi connectivity index (χ2n) is 3.12. The average molecular weight is 168 g/mol. The van der Waals surface area contributed by atoms with Crippen LogP contribution in [0.25, 0.3) is 0 Å². The summed E-state index contributed by atoms with van der Waals surface area (Å²) in [5.41, 5.74) is -0.330. The normalized spacial score (nSPS) is 29.2. The van der Waals surface area contributed by atoms with Gasteiger partial charge in [0.1, 0.15) is 5.54 Å². The van der Waals surface area contributed by atoms with Gasteiger partial charge in [-0.25, -0.2) is 0 Å². The molecule has 0 radical (unpaired) electrons. The molecular formula is C9H16N2O. The van der Waals surface area contributed by atoms with Crippen LogP contribution in [0.3, 0.4) is 0 Å². The minimum absolute atomic E-state index is 0.330. The second-order valence-corrected chi connectivity index (χ2v) is 3.12. The van der Waals surface area contributed by atoms with Gasteiger partial charge in [-0.15, -0.1) is 0 Å². The average Bonchev–Trinajstić information content (AvgIpc) is 2.56. The van der Waals surface area contributed by atoms with Gasteiger partial charge in [0, 0.05) is 13.0 Å². The first-order valence-corrected chi connectivity index (χ1v) is 4.53. The summed E-state index contributed by atoms with van der Waals surface area (Å²) >= 11 is 0. The van der Waals surface area contributed by atoms with E-state index in [-0.39, 0.29) is 5.54 Å². The van der Waals surface area contributed by atoms with Crippen LogP contribution in [0.1, 0.15) is 20.3 Å². The van der Waals surface area contributed by atoms with E-state index in [1.165, 1.54) is 0 Å². The smallest absolute Gasteiger partial charge is 0.134 e. The number of nitrogens with zero attached hydrogens (tertiary/aromatic N) is 2. The molecule has 1 aliphatic rings. The van der Waals surface area contributed by atoms with Crippen LogP contribution in [0.4, 0.5) is 0 Å². The fourth-order valence-electron chi connectivity index (χ4n) is 1.79. The summed E-state index contributed by atoms with van der Waals surface area (Å²) in [5.74, 6) is 0. The molecule has 1 aliphatic heterocycles. The molecular weight excluding hydrogens is 152 g/mol. The number of rotatable bonds is 3. The Morgan fingerprint density at radius 3 is 2.50 bits per heavy atom. The molecule has 0 spiro atoms. The van der Waals surface area contributed by atoms with Gasteiger partial charge in [0.15, 0.2) is 0 Å². The van der Waals surface area contributed by atoms with Crippen molar-refractivity contribution in [2.24, 2.45) is 0 Å². The fourth-order valence-corrected chi connectivity index (χ4v) is 1.79. The van der Waals surface area contributed by atoms with E-state index in [0.717, 1.165) is 26.1 Å². The van der Waals surface area contributed by atoms with Gasteiger partial charge >= 0.3 is 0 Å². The Morgan fingerprint density at radius 2 is 2.17 bits per heavy atom. The van der Waals surface area contributed by atoms with E-state index >= 15 is 0 Å². The predicted molar refractivity (Wildman–Crippen MR) is 46.7 cm³/mol. The van der Waals surface area contributed by atoms with E-state index in [1.54, 1.807) is 0 Å². The molecule has 0 amide bonds. The van der Waals surface area contributed by atoms with Crippen LogP contribution in [0, 0.1) is 11.3 Å². The molecule has 1 atom stereocenters. The Kier molecular flexibility index (Phi) is 3.07. The van der Waals surface area contributed by atoms with Crippen LogP contribution in [-0.2, 0) is 4.74 Å². The third-order valence-corrected chi connectivity index (χ3v) is 2.58. The van der Waals surface area contributed by atoms with Gasteiger partial charge in [0.25, 0.3) is 0 Å². The van der Waals surface area contributed by atoms with Gasteiger partial charge in [-0.2, -0.15) is 5.26 Å². The van der Waals surface area contributed by atoms with Crippen molar-refractivity contribution in [3.05, 3.63) is 0 Å². The van der Waals surface area contributed by atoms with Gasteiger partial charge < -0.3 is 4.74 Å². The number of hydrogen-bond acceptors (Lipinski definition) is 3. The molecule has 0 aromatic carbocycles. The predicted octanol–water partition coefficient (Wildman–Crippen LogP) is 1.01. The Bertz CT molecular complexity index is 175. The monoisotopic (exact) mass is 168 g/mol. The maximum absolute atomic E-state index is 9.08. The highest BCUT2D eigenvalue weighted by Crippen LogP contribution is 2.24. The zero-order valence-electron chi connectivity index (χ0n) is 7.84. The minimum atomic E-state index is -0.330. The fraction of sp³-hybridized carbons (Fsp3) is 0.889. The SMILES string of the molecule is CCN(CC)C1(C#N)CCOC1. The summed E-state index contributed by atoms with van der Waals surface area (Å²) in [6.07, 6.45) is 0.852. The van der Waals surface area contributed by atoms with Crippen molar-refractivity contribution in [3.8, 4) is 6.07 Å². The van der Waals surface area contributed by atoms with Gasteiger partial charge in [-0.05, 0) is 13.1 Å². The van der Waals surface area contributed by atoms with Crippen LogP contribution in [0.2, 0.25) is 0 Å². The molecule has 3 heteroatoms. The number of ether oxygens (including phenoxy) is 1. The van der Waals surface area contributed by atoms with Crippen molar-refractivity contribution in [2.45, 2.75) is 25.8 Å². The molecule has 1 rings (SSSR count). The summed E-state index contributed by atoms with van der Waals surface area (Å²) in [4.78, 5) is 2.18. The summed E-state index contributed by atoms with van der Waals surface area (Å²) in [7, 11) is 0. The zero-order valence-corrected chi connectivity index (χ0v) is 7.84. The Balaban J connectivity index is 2.71. The van der Waals surface area contributed by atoms with Crippen molar-refractivity contribution in [2.75, 3.05) is 26.3 Å². The first-order chi connectivity index (χ1) is 5.79. The molecule has 12 heavy (non-hydrogen) atoms. The van der Waals surface area contributed by atoms with Gasteiger partial charge in [0.05, 0.1) is 12.7 Å². The third-order valence-electron chi connectivity index (χ3n) is 2.58. The first-order valence-electron chi connectivity index (χ1n) is 4.53. The number of nitriles is 1. The van der Waals surface area contributed by atoms with Crippen molar-refractivity contribution in [3.63, 3.8) is 0 Å². The third kappa shape index (κ3) is 1.45. The lowest BCUT2D eigenvalue weighted by atomic mass is 9.98. The van der Waals surface area contributed by atoms with E-state index in [4.69, 9.17) is 10.00 Å². The van der Waals surface area contributed by atoms with Gasteiger partial charge in [-0.1, -0.05) is 13.8 Å². The maximum atomic E-state index is 9.08. The zero-order chi connectivity index (χ0) is 9.03. The Labute approximate surface area is 73.9 Å². The van der Waals surface area contributed by atoms with Crippen LogP contribution in [0.15, 0.2) is 0 Å². The minimum Gasteiger partial charge on any atom is -0.378 e. The van der Waals surface area contributed by atoms with Crippen LogP contribution in [0.5, 0.6) is 0 Å². The molecule has 0 aromatic heterocycles. The number of likely N-dealkylation sites (N-methyl/N-ethyl adjacent to an activating group) is 1. The molecule has 1 heterocycles. The largest absolute Gasteiger partial charge is 0.378 e.